The average molecular weight is 498 g/mol. The number of aromatic nitrogens is 2. The van der Waals surface area contributed by atoms with E-state index in [1.807, 2.05) is 0 Å². The summed E-state index contributed by atoms with van der Waals surface area (Å²) in [5.74, 6) is -0.439. The number of sulfonamides is 1. The number of carbonyl (C=O) groups excluding carboxylic acids is 1. The number of fused-ring (bicyclic) bond motifs is 1. The Bertz CT molecular complexity index is 1410. The van der Waals surface area contributed by atoms with Gasteiger partial charge in [-0.05, 0) is 43.2 Å². The van der Waals surface area contributed by atoms with E-state index in [0.717, 1.165) is 31.6 Å². The van der Waals surface area contributed by atoms with Crippen LogP contribution in [0.1, 0.15) is 12.8 Å². The molecule has 3 aromatic rings. The predicted molar refractivity (Wildman–Crippen MR) is 132 cm³/mol. The van der Waals surface area contributed by atoms with E-state index in [-0.39, 0.29) is 30.1 Å². The summed E-state index contributed by atoms with van der Waals surface area (Å²) < 4.78 is 34.3. The van der Waals surface area contributed by atoms with Crippen LogP contribution in [0.15, 0.2) is 58.5 Å². The van der Waals surface area contributed by atoms with E-state index in [0.29, 0.717) is 29.8 Å². The highest BCUT2D eigenvalue weighted by atomic mass is 32.2. The number of rotatable bonds is 6. The number of morpholine rings is 1. The van der Waals surface area contributed by atoms with Gasteiger partial charge >= 0.3 is 0 Å². The first-order chi connectivity index (χ1) is 16.9. The quantitative estimate of drug-likeness (QED) is 0.551. The third-order valence-electron chi connectivity index (χ3n) is 6.34. The lowest BCUT2D eigenvalue weighted by Crippen LogP contribution is -2.40. The smallest absolute Gasteiger partial charge is 0.261 e. The molecule has 0 radical (unpaired) electrons. The van der Waals surface area contributed by atoms with Crippen LogP contribution in [0.25, 0.3) is 10.9 Å². The van der Waals surface area contributed by atoms with E-state index in [9.17, 15) is 18.0 Å². The van der Waals surface area contributed by atoms with Gasteiger partial charge in [0.1, 0.15) is 6.54 Å². The van der Waals surface area contributed by atoms with Gasteiger partial charge in [-0.15, -0.1) is 0 Å². The van der Waals surface area contributed by atoms with Crippen molar-refractivity contribution in [3.8, 4) is 0 Å². The molecule has 5 rings (SSSR count). The number of hydrogen-bond acceptors (Lipinski definition) is 7. The highest BCUT2D eigenvalue weighted by Crippen LogP contribution is 2.32. The second kappa shape index (κ2) is 9.76. The fourth-order valence-corrected chi connectivity index (χ4v) is 5.94. The van der Waals surface area contributed by atoms with Gasteiger partial charge in [0.15, 0.2) is 0 Å². The average Bonchev–Trinajstić information content (AvgIpc) is 3.41. The molecule has 1 amide bonds. The normalized spacial score (nSPS) is 17.1. The summed E-state index contributed by atoms with van der Waals surface area (Å²) in [5.41, 5.74) is 1.43. The van der Waals surface area contributed by atoms with Crippen LogP contribution in [-0.2, 0) is 26.1 Å². The summed E-state index contributed by atoms with van der Waals surface area (Å²) in [6.45, 7) is 2.69. The minimum Gasteiger partial charge on any atom is -0.379 e. The van der Waals surface area contributed by atoms with E-state index in [4.69, 9.17) is 4.74 Å². The van der Waals surface area contributed by atoms with Crippen LogP contribution >= 0.6 is 0 Å². The molecule has 3 heterocycles. The molecule has 2 fully saturated rings. The molecule has 11 heteroatoms. The van der Waals surface area contributed by atoms with Gasteiger partial charge in [0, 0.05) is 26.2 Å². The van der Waals surface area contributed by atoms with Crippen molar-refractivity contribution in [1.29, 1.82) is 0 Å². The van der Waals surface area contributed by atoms with Crippen molar-refractivity contribution in [3.63, 3.8) is 0 Å². The minimum absolute atomic E-state index is 0.113. The Morgan fingerprint density at radius 2 is 1.77 bits per heavy atom. The van der Waals surface area contributed by atoms with E-state index >= 15 is 0 Å². The summed E-state index contributed by atoms with van der Waals surface area (Å²) >= 11 is 0. The van der Waals surface area contributed by atoms with Gasteiger partial charge in [-0.2, -0.15) is 4.31 Å². The molecule has 0 saturated carbocycles. The second-order valence-electron chi connectivity index (χ2n) is 8.63. The second-order valence-corrected chi connectivity index (χ2v) is 10.6. The molecule has 1 N–H and O–H groups in total. The topological polar surface area (TPSA) is 114 Å². The highest BCUT2D eigenvalue weighted by molar-refractivity contribution is 7.89. The van der Waals surface area contributed by atoms with Crippen LogP contribution in [0.2, 0.25) is 0 Å². The first kappa shape index (κ1) is 23.5. The van der Waals surface area contributed by atoms with Crippen molar-refractivity contribution in [2.75, 3.05) is 49.6 Å². The van der Waals surface area contributed by atoms with Crippen molar-refractivity contribution >= 4 is 38.2 Å². The number of hydrogen-bond donors (Lipinski definition) is 1. The Hall–Kier alpha value is -3.28. The van der Waals surface area contributed by atoms with Crippen LogP contribution < -0.4 is 15.8 Å². The maximum Gasteiger partial charge on any atom is 0.261 e. The summed E-state index contributed by atoms with van der Waals surface area (Å²) in [6.07, 6.45) is 3.41. The van der Waals surface area contributed by atoms with Crippen molar-refractivity contribution in [1.82, 2.24) is 13.9 Å². The van der Waals surface area contributed by atoms with Crippen LogP contribution in [0, 0.1) is 0 Å². The zero-order valence-corrected chi connectivity index (χ0v) is 20.0. The van der Waals surface area contributed by atoms with Gasteiger partial charge in [-0.1, -0.05) is 12.1 Å². The fourth-order valence-electron chi connectivity index (χ4n) is 4.51. The molecule has 0 aliphatic carbocycles. The van der Waals surface area contributed by atoms with Gasteiger partial charge in [-0.3, -0.25) is 14.2 Å². The molecule has 2 saturated heterocycles. The maximum atomic E-state index is 13.2. The monoisotopic (exact) mass is 497 g/mol. The molecular formula is C24H27N5O5S. The van der Waals surface area contributed by atoms with Gasteiger partial charge in [-0.25, -0.2) is 13.4 Å². The third kappa shape index (κ3) is 4.79. The van der Waals surface area contributed by atoms with E-state index in [1.54, 1.807) is 36.4 Å². The van der Waals surface area contributed by atoms with Crippen LogP contribution in [0.5, 0.6) is 0 Å². The van der Waals surface area contributed by atoms with Gasteiger partial charge in [0.25, 0.3) is 5.56 Å². The number of amides is 1. The molecule has 2 aliphatic rings. The third-order valence-corrected chi connectivity index (χ3v) is 8.24. The SMILES string of the molecule is O=C(Cn1cnc2ccccc2c1=O)Nc1cc(S(=O)(=O)N2CCOCC2)ccc1N1CCCC1. The lowest BCUT2D eigenvalue weighted by atomic mass is 10.2. The summed E-state index contributed by atoms with van der Waals surface area (Å²) in [4.78, 5) is 32.3. The standard InChI is InChI=1S/C24H27N5O5S/c30-23(16-28-17-25-20-6-2-1-5-19(20)24(28)31)26-21-15-18(7-8-22(21)27-9-3-4-10-27)35(32,33)29-11-13-34-14-12-29/h1-2,5-8,15,17H,3-4,9-14,16H2,(H,26,30). The van der Waals surface area contributed by atoms with Crippen molar-refractivity contribution < 1.29 is 17.9 Å². The van der Waals surface area contributed by atoms with Gasteiger partial charge in [0.05, 0.1) is 46.7 Å². The summed E-state index contributed by atoms with van der Waals surface area (Å²) in [7, 11) is -3.73. The van der Waals surface area contributed by atoms with Crippen LogP contribution in [0.4, 0.5) is 11.4 Å². The van der Waals surface area contributed by atoms with E-state index < -0.39 is 15.9 Å². The van der Waals surface area contributed by atoms with Crippen molar-refractivity contribution in [2.45, 2.75) is 24.3 Å². The first-order valence-corrected chi connectivity index (χ1v) is 13.1. The number of nitrogens with one attached hydrogen (secondary N) is 1. The molecule has 0 atom stereocenters. The van der Waals surface area contributed by atoms with Crippen LogP contribution in [-0.4, -0.2) is 67.6 Å². The van der Waals surface area contributed by atoms with E-state index in [1.165, 1.54) is 21.3 Å². The zero-order chi connectivity index (χ0) is 24.4. The number of nitrogens with zero attached hydrogens (tertiary/aromatic N) is 4. The Morgan fingerprint density at radius 3 is 2.54 bits per heavy atom. The molecule has 2 aromatic carbocycles. The van der Waals surface area contributed by atoms with Gasteiger partial charge in [0.2, 0.25) is 15.9 Å². The minimum atomic E-state index is -3.73. The molecule has 2 aliphatic heterocycles. The fraction of sp³-hybridized carbons (Fsp3) is 0.375. The molecule has 0 unspecified atom stereocenters. The van der Waals surface area contributed by atoms with Crippen molar-refractivity contribution in [2.24, 2.45) is 0 Å². The number of anilines is 2. The molecule has 10 nitrogen and oxygen atoms in total. The predicted octanol–water partition coefficient (Wildman–Crippen LogP) is 1.66. The van der Waals surface area contributed by atoms with Crippen molar-refractivity contribution in [3.05, 3.63) is 59.1 Å². The highest BCUT2D eigenvalue weighted by Gasteiger charge is 2.28. The molecule has 0 bridgehead atoms. The number of ether oxygens (including phenoxy) is 1. The Balaban J connectivity index is 1.44. The first-order valence-electron chi connectivity index (χ1n) is 11.6. The Morgan fingerprint density at radius 1 is 1.03 bits per heavy atom. The zero-order valence-electron chi connectivity index (χ0n) is 19.2. The largest absolute Gasteiger partial charge is 0.379 e. The number of benzene rings is 2. The molecular weight excluding hydrogens is 470 g/mol. The summed E-state index contributed by atoms with van der Waals surface area (Å²) in [5, 5.41) is 3.28. The summed E-state index contributed by atoms with van der Waals surface area (Å²) in [6, 6.07) is 11.8. The van der Waals surface area contributed by atoms with Gasteiger partial charge < -0.3 is 15.0 Å². The van der Waals surface area contributed by atoms with E-state index in [2.05, 4.69) is 15.2 Å². The molecule has 1 aromatic heterocycles. The molecule has 184 valence electrons. The maximum absolute atomic E-state index is 13.2. The Kier molecular flexibility index (Phi) is 6.54. The molecule has 35 heavy (non-hydrogen) atoms. The lowest BCUT2D eigenvalue weighted by molar-refractivity contribution is -0.116. The molecule has 0 spiro atoms. The number of carbonyl (C=O) groups is 1. The number of para-hydroxylation sites is 1. The Labute approximate surface area is 203 Å². The van der Waals surface area contributed by atoms with Crippen LogP contribution in [0.3, 0.4) is 0 Å². The lowest BCUT2D eigenvalue weighted by Gasteiger charge is -2.27.